The summed E-state index contributed by atoms with van der Waals surface area (Å²) in [6, 6.07) is 0.822. The van der Waals surface area contributed by atoms with Gasteiger partial charge in [0.2, 0.25) is 0 Å². The van der Waals surface area contributed by atoms with Crippen LogP contribution in [0.15, 0.2) is 6.07 Å². The first kappa shape index (κ1) is 9.83. The largest absolute Gasteiger partial charge is 0.505 e. The van der Waals surface area contributed by atoms with Gasteiger partial charge in [-0.3, -0.25) is 4.98 Å². The van der Waals surface area contributed by atoms with Crippen molar-refractivity contribution in [3.8, 4) is 5.75 Å². The molecule has 1 N–H and O–H groups in total. The molecule has 0 spiro atoms. The van der Waals surface area contributed by atoms with Gasteiger partial charge in [0.15, 0.2) is 0 Å². The van der Waals surface area contributed by atoms with Gasteiger partial charge in [-0.15, -0.1) is 0 Å². The Bertz CT molecular complexity index is 333. The van der Waals surface area contributed by atoms with Crippen molar-refractivity contribution in [2.45, 2.75) is 20.0 Å². The molecule has 0 unspecified atom stereocenters. The molecule has 2 nitrogen and oxygen atoms in total. The van der Waals surface area contributed by atoms with Crippen molar-refractivity contribution < 1.29 is 18.3 Å². The number of hydrogen-bond acceptors (Lipinski definition) is 2. The van der Waals surface area contributed by atoms with Gasteiger partial charge < -0.3 is 5.11 Å². The standard InChI is InChI=1S/C8H8F3NO/c1-4-3-6(8(9,10)11)7(13)5(2)12-4/h3,13H,1-2H3. The van der Waals surface area contributed by atoms with Crippen molar-refractivity contribution in [2.24, 2.45) is 0 Å². The van der Waals surface area contributed by atoms with Crippen molar-refractivity contribution in [1.82, 2.24) is 4.98 Å². The van der Waals surface area contributed by atoms with Crippen LogP contribution in [0.4, 0.5) is 13.2 Å². The highest BCUT2D eigenvalue weighted by Gasteiger charge is 2.34. The van der Waals surface area contributed by atoms with E-state index in [9.17, 15) is 13.2 Å². The SMILES string of the molecule is Cc1cc(C(F)(F)F)c(O)c(C)n1. The minimum Gasteiger partial charge on any atom is -0.505 e. The highest BCUT2D eigenvalue weighted by atomic mass is 19.4. The molecule has 0 aromatic carbocycles. The summed E-state index contributed by atoms with van der Waals surface area (Å²) in [5, 5.41) is 9.08. The van der Waals surface area contributed by atoms with Crippen molar-refractivity contribution in [3.05, 3.63) is 23.0 Å². The fraction of sp³-hybridized carbons (Fsp3) is 0.375. The lowest BCUT2D eigenvalue weighted by molar-refractivity contribution is -0.138. The molecule has 0 saturated heterocycles. The van der Waals surface area contributed by atoms with Crippen LogP contribution in [0.3, 0.4) is 0 Å². The van der Waals surface area contributed by atoms with E-state index in [1.165, 1.54) is 13.8 Å². The molecule has 0 saturated carbocycles. The van der Waals surface area contributed by atoms with Gasteiger partial charge in [0.1, 0.15) is 11.3 Å². The zero-order valence-electron chi connectivity index (χ0n) is 7.11. The highest BCUT2D eigenvalue weighted by molar-refractivity contribution is 5.38. The van der Waals surface area contributed by atoms with E-state index in [4.69, 9.17) is 5.11 Å². The van der Waals surface area contributed by atoms with Crippen LogP contribution in [-0.2, 0) is 6.18 Å². The molecule has 0 aliphatic carbocycles. The van der Waals surface area contributed by atoms with E-state index in [-0.39, 0.29) is 11.4 Å². The fourth-order valence-electron chi connectivity index (χ4n) is 1.04. The van der Waals surface area contributed by atoms with E-state index in [0.717, 1.165) is 6.07 Å². The van der Waals surface area contributed by atoms with Crippen LogP contribution in [0.2, 0.25) is 0 Å². The Balaban J connectivity index is 3.37. The molecule has 1 heterocycles. The van der Waals surface area contributed by atoms with Crippen LogP contribution in [0.25, 0.3) is 0 Å². The first-order chi connectivity index (χ1) is 5.82. The van der Waals surface area contributed by atoms with Crippen LogP contribution >= 0.6 is 0 Å². The molecule has 1 aromatic heterocycles. The van der Waals surface area contributed by atoms with Crippen molar-refractivity contribution >= 4 is 0 Å². The average Bonchev–Trinajstić information content (AvgIpc) is 1.94. The number of aromatic hydroxyl groups is 1. The van der Waals surface area contributed by atoms with E-state index in [0.29, 0.717) is 0 Å². The molecule has 1 rings (SSSR count). The number of hydrogen-bond donors (Lipinski definition) is 1. The van der Waals surface area contributed by atoms with Crippen LogP contribution in [0.1, 0.15) is 17.0 Å². The number of aryl methyl sites for hydroxylation is 2. The Morgan fingerprint density at radius 2 is 1.85 bits per heavy atom. The summed E-state index contributed by atoms with van der Waals surface area (Å²) < 4.78 is 36.7. The molecule has 0 atom stereocenters. The Morgan fingerprint density at radius 1 is 1.31 bits per heavy atom. The van der Waals surface area contributed by atoms with E-state index in [2.05, 4.69) is 4.98 Å². The van der Waals surface area contributed by atoms with E-state index < -0.39 is 17.5 Å². The number of pyridine rings is 1. The van der Waals surface area contributed by atoms with Gasteiger partial charge in [0.25, 0.3) is 0 Å². The summed E-state index contributed by atoms with van der Waals surface area (Å²) in [6.45, 7) is 2.78. The molecular formula is C8H8F3NO. The van der Waals surface area contributed by atoms with Gasteiger partial charge in [0.05, 0.1) is 5.69 Å². The van der Waals surface area contributed by atoms with E-state index >= 15 is 0 Å². The predicted molar refractivity (Wildman–Crippen MR) is 40.4 cm³/mol. The molecular weight excluding hydrogens is 183 g/mol. The van der Waals surface area contributed by atoms with Crippen molar-refractivity contribution in [2.75, 3.05) is 0 Å². The molecule has 72 valence electrons. The number of halogens is 3. The highest BCUT2D eigenvalue weighted by Crippen LogP contribution is 2.36. The van der Waals surface area contributed by atoms with Crippen LogP contribution in [-0.4, -0.2) is 10.1 Å². The minimum atomic E-state index is -4.53. The third-order valence-corrected chi connectivity index (χ3v) is 1.60. The van der Waals surface area contributed by atoms with E-state index in [1.54, 1.807) is 0 Å². The number of alkyl halides is 3. The van der Waals surface area contributed by atoms with Gasteiger partial charge in [0, 0.05) is 5.69 Å². The monoisotopic (exact) mass is 191 g/mol. The Labute approximate surface area is 73.0 Å². The Hall–Kier alpha value is -1.26. The lowest BCUT2D eigenvalue weighted by Gasteiger charge is -2.10. The van der Waals surface area contributed by atoms with Gasteiger partial charge in [-0.1, -0.05) is 0 Å². The Kier molecular flexibility index (Phi) is 2.19. The number of aromatic nitrogens is 1. The molecule has 0 aliphatic heterocycles. The summed E-state index contributed by atoms with van der Waals surface area (Å²) in [5.41, 5.74) is -0.799. The summed E-state index contributed by atoms with van der Waals surface area (Å²) >= 11 is 0. The third-order valence-electron chi connectivity index (χ3n) is 1.60. The second kappa shape index (κ2) is 2.90. The molecule has 1 aromatic rings. The molecule has 0 aliphatic rings. The molecule has 13 heavy (non-hydrogen) atoms. The lowest BCUT2D eigenvalue weighted by atomic mass is 10.1. The average molecular weight is 191 g/mol. The van der Waals surface area contributed by atoms with Gasteiger partial charge in [-0.25, -0.2) is 0 Å². The smallest absolute Gasteiger partial charge is 0.420 e. The third kappa shape index (κ3) is 1.91. The van der Waals surface area contributed by atoms with Crippen molar-refractivity contribution in [1.29, 1.82) is 0 Å². The Morgan fingerprint density at radius 3 is 2.31 bits per heavy atom. The molecule has 0 bridgehead atoms. The number of nitrogens with zero attached hydrogens (tertiary/aromatic N) is 1. The molecule has 0 fully saturated rings. The van der Waals surface area contributed by atoms with Crippen LogP contribution in [0.5, 0.6) is 5.75 Å². The normalized spacial score (nSPS) is 11.8. The summed E-state index contributed by atoms with van der Waals surface area (Å²) in [7, 11) is 0. The topological polar surface area (TPSA) is 33.1 Å². The van der Waals surface area contributed by atoms with Gasteiger partial charge >= 0.3 is 6.18 Å². The lowest BCUT2D eigenvalue weighted by Crippen LogP contribution is -2.07. The first-order valence-corrected chi connectivity index (χ1v) is 3.57. The summed E-state index contributed by atoms with van der Waals surface area (Å²) in [4.78, 5) is 3.70. The van der Waals surface area contributed by atoms with Crippen LogP contribution in [0, 0.1) is 13.8 Å². The maximum Gasteiger partial charge on any atom is 0.420 e. The number of rotatable bonds is 0. The zero-order valence-corrected chi connectivity index (χ0v) is 7.11. The van der Waals surface area contributed by atoms with Gasteiger partial charge in [-0.2, -0.15) is 13.2 Å². The quantitative estimate of drug-likeness (QED) is 0.683. The van der Waals surface area contributed by atoms with Crippen molar-refractivity contribution in [3.63, 3.8) is 0 Å². The summed E-state index contributed by atoms with van der Waals surface area (Å²) in [5.74, 6) is -0.793. The predicted octanol–water partition coefficient (Wildman–Crippen LogP) is 2.42. The molecule has 5 heteroatoms. The molecule has 0 amide bonds. The fourth-order valence-corrected chi connectivity index (χ4v) is 1.04. The first-order valence-electron chi connectivity index (χ1n) is 3.57. The molecule has 0 radical (unpaired) electrons. The van der Waals surface area contributed by atoms with E-state index in [1.807, 2.05) is 0 Å². The maximum absolute atomic E-state index is 12.2. The minimum absolute atomic E-state index is 0.00711. The van der Waals surface area contributed by atoms with Gasteiger partial charge in [-0.05, 0) is 19.9 Å². The zero-order chi connectivity index (χ0) is 10.2. The maximum atomic E-state index is 12.2. The summed E-state index contributed by atoms with van der Waals surface area (Å²) in [6.07, 6.45) is -4.53. The second-order valence-corrected chi connectivity index (χ2v) is 2.74. The second-order valence-electron chi connectivity index (χ2n) is 2.74. The van der Waals surface area contributed by atoms with Crippen LogP contribution < -0.4 is 0 Å².